The number of likely N-dealkylation sites (N-methyl/N-ethyl adjacent to an activating group) is 1. The first-order valence-corrected chi connectivity index (χ1v) is 7.93. The molecule has 2 aliphatic rings. The first-order valence-electron chi connectivity index (χ1n) is 7.93. The minimum absolute atomic E-state index is 0.146. The molecule has 4 nitrogen and oxygen atoms in total. The smallest absolute Gasteiger partial charge is 0.226 e. The molecule has 0 aliphatic carbocycles. The van der Waals surface area contributed by atoms with E-state index in [-0.39, 0.29) is 5.91 Å². The molecular formula is C17H25N3O. The molecule has 1 aromatic rings. The Labute approximate surface area is 127 Å². The van der Waals surface area contributed by atoms with E-state index in [1.807, 2.05) is 0 Å². The Bertz CT molecular complexity index is 497. The van der Waals surface area contributed by atoms with Crippen molar-refractivity contribution < 1.29 is 4.79 Å². The molecule has 1 amide bonds. The van der Waals surface area contributed by atoms with Gasteiger partial charge in [-0.15, -0.1) is 0 Å². The van der Waals surface area contributed by atoms with E-state index in [0.717, 1.165) is 11.6 Å². The maximum Gasteiger partial charge on any atom is 0.226 e. The van der Waals surface area contributed by atoms with Crippen molar-refractivity contribution in [1.82, 2.24) is 9.80 Å². The van der Waals surface area contributed by atoms with E-state index in [0.29, 0.717) is 12.5 Å². The number of nitrogens with one attached hydrogen (secondary N) is 1. The zero-order chi connectivity index (χ0) is 14.8. The summed E-state index contributed by atoms with van der Waals surface area (Å²) in [5, 5.41) is 3.68. The van der Waals surface area contributed by atoms with Crippen LogP contribution in [0.2, 0.25) is 0 Å². The van der Waals surface area contributed by atoms with Crippen LogP contribution in [-0.4, -0.2) is 55.0 Å². The monoisotopic (exact) mass is 287 g/mol. The van der Waals surface area contributed by atoms with Gasteiger partial charge in [0.1, 0.15) is 0 Å². The van der Waals surface area contributed by atoms with Crippen LogP contribution in [0.4, 0.5) is 5.69 Å². The lowest BCUT2D eigenvalue weighted by Crippen LogP contribution is -2.33. The van der Waals surface area contributed by atoms with E-state index >= 15 is 0 Å². The molecule has 114 valence electrons. The quantitative estimate of drug-likeness (QED) is 0.919. The largest absolute Gasteiger partial charge is 0.381 e. The highest BCUT2D eigenvalue weighted by atomic mass is 16.2. The minimum atomic E-state index is 0.146. The lowest BCUT2D eigenvalue weighted by Gasteiger charge is -2.22. The summed E-state index contributed by atoms with van der Waals surface area (Å²) >= 11 is 0. The van der Waals surface area contributed by atoms with Gasteiger partial charge in [-0.1, -0.05) is 12.1 Å². The van der Waals surface area contributed by atoms with Crippen LogP contribution in [0.15, 0.2) is 24.3 Å². The van der Waals surface area contributed by atoms with Crippen LogP contribution in [0.1, 0.15) is 24.8 Å². The molecule has 0 radical (unpaired) electrons. The van der Waals surface area contributed by atoms with Gasteiger partial charge in [-0.25, -0.2) is 0 Å². The lowest BCUT2D eigenvalue weighted by molar-refractivity contribution is -0.127. The SMILES string of the molecule is CN(C)C(=O)Cc1ccc(NC2CCN3CCCC23)cc1. The number of carbonyl (C=O) groups is 1. The van der Waals surface area contributed by atoms with E-state index in [2.05, 4.69) is 34.5 Å². The van der Waals surface area contributed by atoms with Gasteiger partial charge in [0.25, 0.3) is 0 Å². The molecule has 21 heavy (non-hydrogen) atoms. The third kappa shape index (κ3) is 3.21. The van der Waals surface area contributed by atoms with Crippen LogP contribution in [0, 0.1) is 0 Å². The van der Waals surface area contributed by atoms with E-state index in [1.54, 1.807) is 19.0 Å². The molecule has 1 N–H and O–H groups in total. The van der Waals surface area contributed by atoms with Gasteiger partial charge >= 0.3 is 0 Å². The Morgan fingerprint density at radius 1 is 1.24 bits per heavy atom. The topological polar surface area (TPSA) is 35.6 Å². The molecule has 2 heterocycles. The molecule has 4 heteroatoms. The Morgan fingerprint density at radius 2 is 2.00 bits per heavy atom. The highest BCUT2D eigenvalue weighted by Crippen LogP contribution is 2.30. The molecule has 0 spiro atoms. The first-order chi connectivity index (χ1) is 10.1. The van der Waals surface area contributed by atoms with E-state index in [4.69, 9.17) is 0 Å². The number of carbonyl (C=O) groups excluding carboxylic acids is 1. The van der Waals surface area contributed by atoms with Crippen molar-refractivity contribution in [2.75, 3.05) is 32.5 Å². The highest BCUT2D eigenvalue weighted by Gasteiger charge is 2.36. The maximum absolute atomic E-state index is 11.7. The van der Waals surface area contributed by atoms with Crippen LogP contribution in [0.3, 0.4) is 0 Å². The second-order valence-corrected chi connectivity index (χ2v) is 6.45. The van der Waals surface area contributed by atoms with Crippen LogP contribution < -0.4 is 5.32 Å². The molecule has 0 aromatic heterocycles. The number of amides is 1. The summed E-state index contributed by atoms with van der Waals surface area (Å²) in [5.41, 5.74) is 2.25. The minimum Gasteiger partial charge on any atom is -0.381 e. The van der Waals surface area contributed by atoms with Gasteiger partial charge in [0.05, 0.1) is 6.42 Å². The van der Waals surface area contributed by atoms with E-state index in [1.165, 1.54) is 38.0 Å². The summed E-state index contributed by atoms with van der Waals surface area (Å²) in [5.74, 6) is 0.146. The van der Waals surface area contributed by atoms with Gasteiger partial charge in [0.2, 0.25) is 5.91 Å². The van der Waals surface area contributed by atoms with Crippen molar-refractivity contribution in [3.05, 3.63) is 29.8 Å². The van der Waals surface area contributed by atoms with Crippen molar-refractivity contribution >= 4 is 11.6 Å². The van der Waals surface area contributed by atoms with Gasteiger partial charge in [-0.3, -0.25) is 9.69 Å². The molecule has 1 aromatic carbocycles. The average molecular weight is 287 g/mol. The zero-order valence-corrected chi connectivity index (χ0v) is 13.0. The predicted molar refractivity (Wildman–Crippen MR) is 85.5 cm³/mol. The number of hydrogen-bond donors (Lipinski definition) is 1. The lowest BCUT2D eigenvalue weighted by atomic mass is 10.1. The summed E-state index contributed by atoms with van der Waals surface area (Å²) in [7, 11) is 3.59. The second kappa shape index (κ2) is 6.06. The van der Waals surface area contributed by atoms with Gasteiger partial charge in [0.15, 0.2) is 0 Å². The Kier molecular flexibility index (Phi) is 4.15. The Balaban J connectivity index is 1.58. The van der Waals surface area contributed by atoms with Crippen molar-refractivity contribution in [2.24, 2.45) is 0 Å². The molecular weight excluding hydrogens is 262 g/mol. The third-order valence-corrected chi connectivity index (χ3v) is 4.77. The van der Waals surface area contributed by atoms with Crippen LogP contribution in [0.25, 0.3) is 0 Å². The molecule has 0 saturated carbocycles. The van der Waals surface area contributed by atoms with E-state index in [9.17, 15) is 4.79 Å². The number of fused-ring (bicyclic) bond motifs is 1. The summed E-state index contributed by atoms with van der Waals surface area (Å²) in [6.45, 7) is 2.51. The fourth-order valence-corrected chi connectivity index (χ4v) is 3.52. The number of rotatable bonds is 4. The number of hydrogen-bond acceptors (Lipinski definition) is 3. The fourth-order valence-electron chi connectivity index (χ4n) is 3.52. The fraction of sp³-hybridized carbons (Fsp3) is 0.588. The second-order valence-electron chi connectivity index (χ2n) is 6.45. The van der Waals surface area contributed by atoms with E-state index < -0.39 is 0 Å². The molecule has 0 bridgehead atoms. The Morgan fingerprint density at radius 3 is 2.71 bits per heavy atom. The normalized spacial score (nSPS) is 24.9. The number of benzene rings is 1. The standard InChI is InChI=1S/C17H25N3O/c1-19(2)17(21)12-13-5-7-14(8-6-13)18-15-9-11-20-10-3-4-16(15)20/h5-8,15-16,18H,3-4,9-12H2,1-2H3. The predicted octanol–water partition coefficient (Wildman–Crippen LogP) is 1.97. The summed E-state index contributed by atoms with van der Waals surface area (Å²) in [4.78, 5) is 16.0. The van der Waals surface area contributed by atoms with Crippen LogP contribution in [-0.2, 0) is 11.2 Å². The van der Waals surface area contributed by atoms with Crippen molar-refractivity contribution in [3.8, 4) is 0 Å². The molecule has 2 saturated heterocycles. The third-order valence-electron chi connectivity index (χ3n) is 4.77. The molecule has 2 unspecified atom stereocenters. The summed E-state index contributed by atoms with van der Waals surface area (Å²) in [6, 6.07) is 9.64. The molecule has 2 fully saturated rings. The summed E-state index contributed by atoms with van der Waals surface area (Å²) in [6.07, 6.45) is 4.39. The van der Waals surface area contributed by atoms with Gasteiger partial charge in [0, 0.05) is 38.4 Å². The van der Waals surface area contributed by atoms with Gasteiger partial charge < -0.3 is 10.2 Å². The van der Waals surface area contributed by atoms with Crippen molar-refractivity contribution in [3.63, 3.8) is 0 Å². The first kappa shape index (κ1) is 14.4. The van der Waals surface area contributed by atoms with Gasteiger partial charge in [-0.05, 0) is 43.5 Å². The maximum atomic E-state index is 11.7. The molecule has 3 rings (SSSR count). The molecule has 2 aliphatic heterocycles. The average Bonchev–Trinajstić information content (AvgIpc) is 3.06. The number of anilines is 1. The van der Waals surface area contributed by atoms with Crippen molar-refractivity contribution in [2.45, 2.75) is 37.8 Å². The van der Waals surface area contributed by atoms with Crippen LogP contribution >= 0.6 is 0 Å². The van der Waals surface area contributed by atoms with Crippen LogP contribution in [0.5, 0.6) is 0 Å². The van der Waals surface area contributed by atoms with Crippen molar-refractivity contribution in [1.29, 1.82) is 0 Å². The molecule has 2 atom stereocenters. The number of nitrogens with zero attached hydrogens (tertiary/aromatic N) is 2. The zero-order valence-electron chi connectivity index (χ0n) is 13.0. The Hall–Kier alpha value is -1.55. The van der Waals surface area contributed by atoms with Gasteiger partial charge in [-0.2, -0.15) is 0 Å². The highest BCUT2D eigenvalue weighted by molar-refractivity contribution is 5.78. The summed E-state index contributed by atoms with van der Waals surface area (Å²) < 4.78 is 0.